The second-order valence-corrected chi connectivity index (χ2v) is 7.09. The topological polar surface area (TPSA) is 79.5 Å². The third-order valence-electron chi connectivity index (χ3n) is 2.75. The van der Waals surface area contributed by atoms with Gasteiger partial charge in [-0.05, 0) is 26.6 Å². The lowest BCUT2D eigenvalue weighted by molar-refractivity contribution is 0.333. The minimum absolute atomic E-state index is 0.0731. The quantitative estimate of drug-likeness (QED) is 0.818. The van der Waals surface area contributed by atoms with Crippen molar-refractivity contribution < 1.29 is 8.42 Å². The molecule has 2 N–H and O–H groups in total. The SMILES string of the molecule is CCCN(CCN(C)C)S(=O)(=O)c1cnc(N)c(Cl)c1. The maximum atomic E-state index is 12.6. The van der Waals surface area contributed by atoms with Crippen LogP contribution in [0.15, 0.2) is 17.2 Å². The molecule has 6 nitrogen and oxygen atoms in total. The average molecular weight is 321 g/mol. The monoisotopic (exact) mass is 320 g/mol. The number of hydrogen-bond acceptors (Lipinski definition) is 5. The van der Waals surface area contributed by atoms with Crippen LogP contribution in [0.1, 0.15) is 13.3 Å². The van der Waals surface area contributed by atoms with Crippen molar-refractivity contribution in [2.75, 3.05) is 39.5 Å². The highest BCUT2D eigenvalue weighted by Gasteiger charge is 2.24. The molecule has 0 amide bonds. The van der Waals surface area contributed by atoms with Gasteiger partial charge < -0.3 is 10.6 Å². The highest BCUT2D eigenvalue weighted by molar-refractivity contribution is 7.89. The van der Waals surface area contributed by atoms with Gasteiger partial charge in [-0.2, -0.15) is 4.31 Å². The largest absolute Gasteiger partial charge is 0.382 e. The second kappa shape index (κ2) is 7.21. The highest BCUT2D eigenvalue weighted by atomic mass is 35.5. The third kappa shape index (κ3) is 4.31. The van der Waals surface area contributed by atoms with Gasteiger partial charge in [0.05, 0.1) is 5.02 Å². The van der Waals surface area contributed by atoms with Gasteiger partial charge in [0.1, 0.15) is 10.7 Å². The summed E-state index contributed by atoms with van der Waals surface area (Å²) in [7, 11) is 0.208. The van der Waals surface area contributed by atoms with Crippen LogP contribution >= 0.6 is 11.6 Å². The first-order valence-electron chi connectivity index (χ1n) is 6.35. The van der Waals surface area contributed by atoms with Crippen molar-refractivity contribution >= 4 is 27.4 Å². The third-order valence-corrected chi connectivity index (χ3v) is 4.92. The van der Waals surface area contributed by atoms with Crippen LogP contribution in [-0.4, -0.2) is 56.3 Å². The van der Waals surface area contributed by atoms with Crippen LogP contribution in [0.5, 0.6) is 0 Å². The van der Waals surface area contributed by atoms with Gasteiger partial charge in [-0.1, -0.05) is 18.5 Å². The molecule has 0 saturated heterocycles. The van der Waals surface area contributed by atoms with Crippen LogP contribution in [0.4, 0.5) is 5.82 Å². The zero-order valence-electron chi connectivity index (χ0n) is 12.0. The highest BCUT2D eigenvalue weighted by Crippen LogP contribution is 2.22. The molecule has 1 heterocycles. The molecule has 0 aliphatic carbocycles. The smallest absolute Gasteiger partial charge is 0.244 e. The molecule has 8 heteroatoms. The number of nitrogen functional groups attached to an aromatic ring is 1. The molecule has 114 valence electrons. The van der Waals surface area contributed by atoms with Gasteiger partial charge in [-0.15, -0.1) is 0 Å². The number of rotatable bonds is 7. The molecular formula is C12H21ClN4O2S. The lowest BCUT2D eigenvalue weighted by atomic mass is 10.4. The van der Waals surface area contributed by atoms with E-state index in [1.54, 1.807) is 0 Å². The van der Waals surface area contributed by atoms with E-state index in [9.17, 15) is 8.42 Å². The Morgan fingerprint density at radius 1 is 1.30 bits per heavy atom. The average Bonchev–Trinajstić information content (AvgIpc) is 2.37. The number of nitrogens with zero attached hydrogens (tertiary/aromatic N) is 3. The molecule has 0 atom stereocenters. The Hall–Kier alpha value is -0.890. The molecule has 0 fully saturated rings. The van der Waals surface area contributed by atoms with Crippen molar-refractivity contribution in [3.8, 4) is 0 Å². The molecule has 0 radical (unpaired) electrons. The number of nitrogens with two attached hydrogens (primary N) is 1. The molecule has 0 aliphatic heterocycles. The van der Waals surface area contributed by atoms with Crippen LogP contribution in [0.2, 0.25) is 5.02 Å². The van der Waals surface area contributed by atoms with Gasteiger partial charge in [-0.25, -0.2) is 13.4 Å². The first kappa shape index (κ1) is 17.2. The lowest BCUT2D eigenvalue weighted by Crippen LogP contribution is -2.37. The Bertz CT molecular complexity index is 548. The predicted octanol–water partition coefficient (Wildman–Crippen LogP) is 1.28. The second-order valence-electron chi connectivity index (χ2n) is 4.75. The zero-order valence-corrected chi connectivity index (χ0v) is 13.6. The van der Waals surface area contributed by atoms with E-state index in [4.69, 9.17) is 17.3 Å². The van der Waals surface area contributed by atoms with Crippen LogP contribution in [0.25, 0.3) is 0 Å². The summed E-state index contributed by atoms with van der Waals surface area (Å²) in [5.74, 6) is 0.126. The van der Waals surface area contributed by atoms with Gasteiger partial charge >= 0.3 is 0 Å². The summed E-state index contributed by atoms with van der Waals surface area (Å²) in [5.41, 5.74) is 5.51. The van der Waals surface area contributed by atoms with Crippen LogP contribution in [-0.2, 0) is 10.0 Å². The maximum Gasteiger partial charge on any atom is 0.244 e. The Labute approximate surface area is 125 Å². The number of halogens is 1. The normalized spacial score (nSPS) is 12.3. The summed E-state index contributed by atoms with van der Waals surface area (Å²) in [6.45, 7) is 3.46. The molecule has 20 heavy (non-hydrogen) atoms. The van der Waals surface area contributed by atoms with Crippen molar-refractivity contribution in [2.24, 2.45) is 0 Å². The summed E-state index contributed by atoms with van der Waals surface area (Å²) in [4.78, 5) is 5.82. The van der Waals surface area contributed by atoms with E-state index < -0.39 is 10.0 Å². The molecule has 1 rings (SSSR count). The summed E-state index contributed by atoms with van der Waals surface area (Å²) >= 11 is 5.85. The molecular weight excluding hydrogens is 300 g/mol. The number of likely N-dealkylation sites (N-methyl/N-ethyl adjacent to an activating group) is 1. The fraction of sp³-hybridized carbons (Fsp3) is 0.583. The van der Waals surface area contributed by atoms with Crippen molar-refractivity contribution in [3.63, 3.8) is 0 Å². The Balaban J connectivity index is 3.05. The van der Waals surface area contributed by atoms with E-state index in [1.807, 2.05) is 25.9 Å². The minimum Gasteiger partial charge on any atom is -0.382 e. The minimum atomic E-state index is -3.59. The van der Waals surface area contributed by atoms with Crippen molar-refractivity contribution in [3.05, 3.63) is 17.3 Å². The Morgan fingerprint density at radius 2 is 1.95 bits per heavy atom. The Morgan fingerprint density at radius 3 is 2.45 bits per heavy atom. The fourth-order valence-corrected chi connectivity index (χ4v) is 3.36. The number of aromatic nitrogens is 1. The molecule has 0 saturated carbocycles. The van der Waals surface area contributed by atoms with E-state index in [-0.39, 0.29) is 15.7 Å². The van der Waals surface area contributed by atoms with Gasteiger partial charge in [0.15, 0.2) is 0 Å². The number of pyridine rings is 1. The molecule has 0 aliphatic rings. The van der Waals surface area contributed by atoms with E-state index in [0.717, 1.165) is 6.42 Å². The van der Waals surface area contributed by atoms with Gasteiger partial charge in [0, 0.05) is 25.8 Å². The fourth-order valence-electron chi connectivity index (χ4n) is 1.63. The standard InChI is InChI=1S/C12H21ClN4O2S/c1-4-5-17(7-6-16(2)3)20(18,19)10-8-11(13)12(14)15-9-10/h8-9H,4-7H2,1-3H3,(H2,14,15). The van der Waals surface area contributed by atoms with E-state index in [0.29, 0.717) is 19.6 Å². The first-order valence-corrected chi connectivity index (χ1v) is 8.16. The number of sulfonamides is 1. The van der Waals surface area contributed by atoms with Gasteiger partial charge in [-0.3, -0.25) is 0 Å². The lowest BCUT2D eigenvalue weighted by Gasteiger charge is -2.23. The summed E-state index contributed by atoms with van der Waals surface area (Å²) in [6, 6.07) is 1.34. The molecule has 0 bridgehead atoms. The molecule has 1 aromatic rings. The summed E-state index contributed by atoms with van der Waals surface area (Å²) in [6.07, 6.45) is 1.98. The van der Waals surface area contributed by atoms with E-state index in [1.165, 1.54) is 16.6 Å². The first-order chi connectivity index (χ1) is 9.28. The summed E-state index contributed by atoms with van der Waals surface area (Å²) in [5, 5.41) is 0.148. The van der Waals surface area contributed by atoms with Crippen molar-refractivity contribution in [1.82, 2.24) is 14.2 Å². The van der Waals surface area contributed by atoms with Gasteiger partial charge in [0.2, 0.25) is 10.0 Å². The zero-order chi connectivity index (χ0) is 15.3. The van der Waals surface area contributed by atoms with Gasteiger partial charge in [0.25, 0.3) is 0 Å². The Kier molecular flexibility index (Phi) is 6.19. The maximum absolute atomic E-state index is 12.6. The summed E-state index contributed by atoms with van der Waals surface area (Å²) < 4.78 is 26.6. The van der Waals surface area contributed by atoms with Crippen LogP contribution in [0, 0.1) is 0 Å². The van der Waals surface area contributed by atoms with E-state index >= 15 is 0 Å². The molecule has 1 aromatic heterocycles. The van der Waals surface area contributed by atoms with Crippen molar-refractivity contribution in [1.29, 1.82) is 0 Å². The molecule has 0 aromatic carbocycles. The molecule has 0 spiro atoms. The van der Waals surface area contributed by atoms with Crippen molar-refractivity contribution in [2.45, 2.75) is 18.2 Å². The van der Waals surface area contributed by atoms with Crippen LogP contribution in [0.3, 0.4) is 0 Å². The molecule has 0 unspecified atom stereocenters. The van der Waals surface area contributed by atoms with Crippen LogP contribution < -0.4 is 5.73 Å². The predicted molar refractivity (Wildman–Crippen MR) is 81.3 cm³/mol. The number of anilines is 1. The van der Waals surface area contributed by atoms with E-state index in [2.05, 4.69) is 4.98 Å². The number of hydrogen-bond donors (Lipinski definition) is 1.